The predicted octanol–water partition coefficient (Wildman–Crippen LogP) is 3.35. The van der Waals surface area contributed by atoms with E-state index in [0.29, 0.717) is 6.61 Å². The quantitative estimate of drug-likeness (QED) is 0.610. The number of fused-ring (bicyclic) bond motifs is 1. The Morgan fingerprint density at radius 3 is 3.20 bits per heavy atom. The second kappa shape index (κ2) is 4.59. The zero-order valence-electron chi connectivity index (χ0n) is 8.11. The van der Waals surface area contributed by atoms with E-state index < -0.39 is 0 Å². The molecule has 2 aromatic heterocycles. The molecule has 0 saturated carbocycles. The third-order valence-electron chi connectivity index (χ3n) is 1.79. The predicted molar refractivity (Wildman–Crippen MR) is 63.1 cm³/mol. The molecule has 0 unspecified atom stereocenters. The summed E-state index contributed by atoms with van der Waals surface area (Å²) < 4.78 is 6.15. The Hall–Kier alpha value is -1.13. The SMILES string of the molecule is CCOC=Cc1nc(Cl)nc2ccsc12. The molecule has 2 aromatic rings. The lowest BCUT2D eigenvalue weighted by Crippen LogP contribution is -1.87. The van der Waals surface area contributed by atoms with Crippen LogP contribution in [0.25, 0.3) is 16.3 Å². The van der Waals surface area contributed by atoms with E-state index in [4.69, 9.17) is 16.3 Å². The summed E-state index contributed by atoms with van der Waals surface area (Å²) in [6.07, 6.45) is 3.42. The summed E-state index contributed by atoms with van der Waals surface area (Å²) in [5.74, 6) is 0. The summed E-state index contributed by atoms with van der Waals surface area (Å²) >= 11 is 7.39. The number of thiophene rings is 1. The van der Waals surface area contributed by atoms with Crippen molar-refractivity contribution in [2.45, 2.75) is 6.92 Å². The molecule has 0 radical (unpaired) electrons. The summed E-state index contributed by atoms with van der Waals surface area (Å²) in [5.41, 5.74) is 1.67. The second-order valence-corrected chi connectivity index (χ2v) is 4.03. The number of aromatic nitrogens is 2. The lowest BCUT2D eigenvalue weighted by atomic mass is 10.3. The lowest BCUT2D eigenvalue weighted by molar-refractivity contribution is 0.272. The average Bonchev–Trinajstić information content (AvgIpc) is 2.65. The summed E-state index contributed by atoms with van der Waals surface area (Å²) in [4.78, 5) is 8.26. The first-order valence-corrected chi connectivity index (χ1v) is 5.76. The summed E-state index contributed by atoms with van der Waals surface area (Å²) in [6, 6.07) is 1.92. The topological polar surface area (TPSA) is 35.0 Å². The van der Waals surface area contributed by atoms with E-state index in [0.717, 1.165) is 15.9 Å². The van der Waals surface area contributed by atoms with Gasteiger partial charge in [-0.1, -0.05) is 0 Å². The van der Waals surface area contributed by atoms with Crippen LogP contribution in [0.15, 0.2) is 17.7 Å². The highest BCUT2D eigenvalue weighted by atomic mass is 35.5. The van der Waals surface area contributed by atoms with Crippen LogP contribution in [0.2, 0.25) is 5.28 Å². The highest BCUT2D eigenvalue weighted by Gasteiger charge is 2.04. The highest BCUT2D eigenvalue weighted by molar-refractivity contribution is 7.17. The van der Waals surface area contributed by atoms with Crippen LogP contribution in [0.5, 0.6) is 0 Å². The van der Waals surface area contributed by atoms with E-state index in [-0.39, 0.29) is 5.28 Å². The largest absolute Gasteiger partial charge is 0.501 e. The van der Waals surface area contributed by atoms with Gasteiger partial charge in [0.25, 0.3) is 0 Å². The molecule has 0 fully saturated rings. The number of ether oxygens (including phenoxy) is 1. The maximum Gasteiger partial charge on any atom is 0.223 e. The summed E-state index contributed by atoms with van der Waals surface area (Å²) in [5, 5.41) is 2.23. The van der Waals surface area contributed by atoms with Gasteiger partial charge in [0.15, 0.2) is 0 Å². The Balaban J connectivity index is 2.44. The standard InChI is InChI=1S/C10H9ClN2OS/c1-2-14-5-3-7-9-8(4-6-15-9)13-10(11)12-7/h3-6H,2H2,1H3. The fourth-order valence-electron chi connectivity index (χ4n) is 1.18. The lowest BCUT2D eigenvalue weighted by Gasteiger charge is -1.97. The molecule has 0 atom stereocenters. The molecule has 2 rings (SSSR count). The maximum absolute atomic E-state index is 5.80. The van der Waals surface area contributed by atoms with Gasteiger partial charge in [-0.3, -0.25) is 0 Å². The molecule has 78 valence electrons. The first-order chi connectivity index (χ1) is 7.31. The monoisotopic (exact) mass is 240 g/mol. The minimum absolute atomic E-state index is 0.261. The van der Waals surface area contributed by atoms with Crippen LogP contribution in [0, 0.1) is 0 Å². The van der Waals surface area contributed by atoms with Crippen molar-refractivity contribution in [2.24, 2.45) is 0 Å². The van der Waals surface area contributed by atoms with Gasteiger partial charge in [0.1, 0.15) is 0 Å². The number of nitrogens with zero attached hydrogens (tertiary/aromatic N) is 2. The molecule has 0 bridgehead atoms. The molecule has 0 spiro atoms. The van der Waals surface area contributed by atoms with Gasteiger partial charge in [0.2, 0.25) is 5.28 Å². The summed E-state index contributed by atoms with van der Waals surface area (Å²) in [6.45, 7) is 2.57. The van der Waals surface area contributed by atoms with Crippen molar-refractivity contribution in [3.8, 4) is 0 Å². The molecular formula is C10H9ClN2OS. The Labute approximate surface area is 96.4 Å². The molecule has 0 aromatic carbocycles. The van der Waals surface area contributed by atoms with Gasteiger partial charge in [-0.05, 0) is 36.0 Å². The van der Waals surface area contributed by atoms with Crippen LogP contribution in [-0.2, 0) is 4.74 Å². The number of rotatable bonds is 3. The van der Waals surface area contributed by atoms with Crippen LogP contribution >= 0.6 is 22.9 Å². The molecule has 0 aliphatic heterocycles. The first-order valence-electron chi connectivity index (χ1n) is 4.50. The van der Waals surface area contributed by atoms with Gasteiger partial charge in [-0.25, -0.2) is 9.97 Å². The van der Waals surface area contributed by atoms with Gasteiger partial charge >= 0.3 is 0 Å². The van der Waals surface area contributed by atoms with Gasteiger partial charge < -0.3 is 4.74 Å². The average molecular weight is 241 g/mol. The van der Waals surface area contributed by atoms with Gasteiger partial charge in [0, 0.05) is 0 Å². The van der Waals surface area contributed by atoms with E-state index in [1.807, 2.05) is 18.4 Å². The van der Waals surface area contributed by atoms with Crippen molar-refractivity contribution in [1.82, 2.24) is 9.97 Å². The van der Waals surface area contributed by atoms with E-state index in [1.54, 1.807) is 23.7 Å². The molecule has 0 saturated heterocycles. The molecular weight excluding hydrogens is 232 g/mol. The number of hydrogen-bond donors (Lipinski definition) is 0. The number of halogens is 1. The Bertz CT molecular complexity index is 495. The van der Waals surface area contributed by atoms with Crippen LogP contribution in [0.3, 0.4) is 0 Å². The Morgan fingerprint density at radius 1 is 1.53 bits per heavy atom. The summed E-state index contributed by atoms with van der Waals surface area (Å²) in [7, 11) is 0. The van der Waals surface area contributed by atoms with Crippen molar-refractivity contribution in [2.75, 3.05) is 6.61 Å². The fourth-order valence-corrected chi connectivity index (χ4v) is 2.16. The van der Waals surface area contributed by atoms with Crippen molar-refractivity contribution in [3.05, 3.63) is 28.7 Å². The van der Waals surface area contributed by atoms with E-state index in [2.05, 4.69) is 9.97 Å². The second-order valence-electron chi connectivity index (χ2n) is 2.77. The zero-order valence-corrected chi connectivity index (χ0v) is 9.68. The van der Waals surface area contributed by atoms with Gasteiger partial charge in [-0.2, -0.15) is 0 Å². The molecule has 3 nitrogen and oxygen atoms in total. The number of hydrogen-bond acceptors (Lipinski definition) is 4. The van der Waals surface area contributed by atoms with Crippen molar-refractivity contribution < 1.29 is 4.74 Å². The third kappa shape index (κ3) is 2.27. The van der Waals surface area contributed by atoms with E-state index >= 15 is 0 Å². The van der Waals surface area contributed by atoms with Crippen molar-refractivity contribution in [3.63, 3.8) is 0 Å². The van der Waals surface area contributed by atoms with Crippen LogP contribution in [-0.4, -0.2) is 16.6 Å². The molecule has 15 heavy (non-hydrogen) atoms. The van der Waals surface area contributed by atoms with Crippen LogP contribution in [0.4, 0.5) is 0 Å². The first kappa shape index (κ1) is 10.4. The molecule has 2 heterocycles. The van der Waals surface area contributed by atoms with Gasteiger partial charge in [0.05, 0.1) is 28.8 Å². The Kier molecular flexibility index (Phi) is 3.18. The molecule has 0 aliphatic rings. The van der Waals surface area contributed by atoms with Crippen molar-refractivity contribution in [1.29, 1.82) is 0 Å². The molecule has 5 heteroatoms. The fraction of sp³-hybridized carbons (Fsp3) is 0.200. The molecule has 0 N–H and O–H groups in total. The van der Waals surface area contributed by atoms with Gasteiger partial charge in [-0.15, -0.1) is 11.3 Å². The highest BCUT2D eigenvalue weighted by Crippen LogP contribution is 2.24. The van der Waals surface area contributed by atoms with E-state index in [9.17, 15) is 0 Å². The minimum Gasteiger partial charge on any atom is -0.501 e. The van der Waals surface area contributed by atoms with Crippen LogP contribution in [0.1, 0.15) is 12.6 Å². The molecule has 0 amide bonds. The zero-order chi connectivity index (χ0) is 10.7. The maximum atomic E-state index is 5.80. The van der Waals surface area contributed by atoms with Crippen LogP contribution < -0.4 is 0 Å². The third-order valence-corrected chi connectivity index (χ3v) is 2.89. The minimum atomic E-state index is 0.261. The Morgan fingerprint density at radius 2 is 2.40 bits per heavy atom. The van der Waals surface area contributed by atoms with E-state index in [1.165, 1.54) is 0 Å². The van der Waals surface area contributed by atoms with Crippen molar-refractivity contribution >= 4 is 39.2 Å². The molecule has 0 aliphatic carbocycles. The normalized spacial score (nSPS) is 11.3. The smallest absolute Gasteiger partial charge is 0.223 e.